The minimum absolute atomic E-state index is 0.00736. The molecule has 0 saturated heterocycles. The molecule has 0 bridgehead atoms. The van der Waals surface area contributed by atoms with Crippen molar-refractivity contribution in [1.82, 2.24) is 25.2 Å². The van der Waals surface area contributed by atoms with Crippen LogP contribution in [0.15, 0.2) is 54.5 Å². The van der Waals surface area contributed by atoms with E-state index in [2.05, 4.69) is 26.3 Å². The van der Waals surface area contributed by atoms with Crippen LogP contribution in [0.25, 0.3) is 11.0 Å². The highest BCUT2D eigenvalue weighted by atomic mass is 16.3. The fourth-order valence-corrected chi connectivity index (χ4v) is 3.83. The lowest BCUT2D eigenvalue weighted by Crippen LogP contribution is -2.41. The number of allylic oxidation sites excluding steroid dienone is 1. The van der Waals surface area contributed by atoms with Gasteiger partial charge in [0, 0.05) is 37.2 Å². The number of carbonyl (C=O) groups excluding carboxylic acids is 1. The van der Waals surface area contributed by atoms with Gasteiger partial charge in [0.15, 0.2) is 0 Å². The fourth-order valence-electron chi connectivity index (χ4n) is 3.83. The van der Waals surface area contributed by atoms with Crippen molar-refractivity contribution < 1.29 is 9.90 Å². The van der Waals surface area contributed by atoms with Crippen molar-refractivity contribution in [3.8, 4) is 5.88 Å². The molecule has 0 spiro atoms. The molecule has 150 valence electrons. The number of aromatic hydroxyl groups is 1. The zero-order chi connectivity index (χ0) is 20.2. The number of fused-ring (bicyclic) bond motifs is 1. The second-order valence-corrected chi connectivity index (χ2v) is 7.24. The first-order valence-corrected chi connectivity index (χ1v) is 9.97. The topological polar surface area (TPSA) is 94.1 Å². The van der Waals surface area contributed by atoms with Gasteiger partial charge in [-0.2, -0.15) is 0 Å². The maximum atomic E-state index is 13.2. The van der Waals surface area contributed by atoms with Gasteiger partial charge in [-0.1, -0.05) is 0 Å². The van der Waals surface area contributed by atoms with Crippen LogP contribution in [0.1, 0.15) is 42.2 Å². The Labute approximate surface area is 169 Å². The average Bonchev–Trinajstić information content (AvgIpc) is 3.17. The van der Waals surface area contributed by atoms with Gasteiger partial charge in [-0.15, -0.1) is 0 Å². The van der Waals surface area contributed by atoms with E-state index >= 15 is 0 Å². The quantitative estimate of drug-likeness (QED) is 0.599. The van der Waals surface area contributed by atoms with Crippen LogP contribution < -0.4 is 5.32 Å². The number of amides is 1. The van der Waals surface area contributed by atoms with E-state index in [0.717, 1.165) is 41.6 Å². The number of hydrogen-bond acceptors (Lipinski definition) is 5. The molecule has 1 atom stereocenters. The molecule has 1 aliphatic rings. The average molecular weight is 391 g/mol. The van der Waals surface area contributed by atoms with Crippen molar-refractivity contribution in [1.29, 1.82) is 0 Å². The van der Waals surface area contributed by atoms with E-state index < -0.39 is 0 Å². The first-order valence-electron chi connectivity index (χ1n) is 9.97. The molecule has 0 saturated carbocycles. The van der Waals surface area contributed by atoms with Crippen molar-refractivity contribution in [2.75, 3.05) is 6.54 Å². The number of H-pyrrole nitrogens is 1. The van der Waals surface area contributed by atoms with Gasteiger partial charge in [-0.25, -0.2) is 4.98 Å². The number of hydrogen-bond donors (Lipinski definition) is 3. The smallest absolute Gasteiger partial charge is 0.270 e. The molecule has 3 N–H and O–H groups in total. The summed E-state index contributed by atoms with van der Waals surface area (Å²) in [7, 11) is 0. The SMILES string of the molecule is CCN(C(=O)c1cc2ncccc2[nH]1)[C@@H]1C=C(NCc2ccnc(O)c2)CCC1. The van der Waals surface area contributed by atoms with E-state index in [4.69, 9.17) is 0 Å². The highest BCUT2D eigenvalue weighted by Crippen LogP contribution is 2.23. The third-order valence-corrected chi connectivity index (χ3v) is 5.29. The van der Waals surface area contributed by atoms with Crippen molar-refractivity contribution in [3.05, 3.63) is 65.8 Å². The number of aromatic amines is 1. The monoisotopic (exact) mass is 391 g/mol. The largest absolute Gasteiger partial charge is 0.493 e. The molecular formula is C22H25N5O2. The van der Waals surface area contributed by atoms with Crippen LogP contribution in [-0.4, -0.2) is 43.5 Å². The van der Waals surface area contributed by atoms with Crippen molar-refractivity contribution in [2.45, 2.75) is 38.8 Å². The number of nitrogens with zero attached hydrogens (tertiary/aromatic N) is 3. The molecular weight excluding hydrogens is 366 g/mol. The van der Waals surface area contributed by atoms with E-state index in [1.807, 2.05) is 36.1 Å². The predicted octanol–water partition coefficient (Wildman–Crippen LogP) is 3.35. The van der Waals surface area contributed by atoms with Crippen molar-refractivity contribution in [3.63, 3.8) is 0 Å². The van der Waals surface area contributed by atoms with Crippen LogP contribution in [0.5, 0.6) is 5.88 Å². The molecule has 3 heterocycles. The molecule has 0 fully saturated rings. The maximum Gasteiger partial charge on any atom is 0.270 e. The number of carbonyl (C=O) groups is 1. The summed E-state index contributed by atoms with van der Waals surface area (Å²) in [4.78, 5) is 26.4. The van der Waals surface area contributed by atoms with Crippen LogP contribution in [0.2, 0.25) is 0 Å². The highest BCUT2D eigenvalue weighted by Gasteiger charge is 2.25. The Bertz CT molecular complexity index is 1010. The third kappa shape index (κ3) is 4.23. The molecule has 29 heavy (non-hydrogen) atoms. The van der Waals surface area contributed by atoms with Crippen LogP contribution in [0.4, 0.5) is 0 Å². The molecule has 3 aromatic heterocycles. The second kappa shape index (κ2) is 8.34. The number of pyridine rings is 2. The Hall–Kier alpha value is -3.35. The Kier molecular flexibility index (Phi) is 5.46. The maximum absolute atomic E-state index is 13.2. The lowest BCUT2D eigenvalue weighted by Gasteiger charge is -2.32. The molecule has 0 aliphatic heterocycles. The molecule has 3 aromatic rings. The van der Waals surface area contributed by atoms with Gasteiger partial charge in [0.25, 0.3) is 5.91 Å². The number of aromatic nitrogens is 3. The van der Waals surface area contributed by atoms with Gasteiger partial charge >= 0.3 is 0 Å². The second-order valence-electron chi connectivity index (χ2n) is 7.24. The van der Waals surface area contributed by atoms with Crippen LogP contribution in [0, 0.1) is 0 Å². The first-order chi connectivity index (χ1) is 14.1. The molecule has 4 rings (SSSR count). The summed E-state index contributed by atoms with van der Waals surface area (Å²) in [5, 5.41) is 13.0. The fraction of sp³-hybridized carbons (Fsp3) is 0.318. The van der Waals surface area contributed by atoms with Gasteiger partial charge in [0.2, 0.25) is 5.88 Å². The molecule has 1 amide bonds. The van der Waals surface area contributed by atoms with Crippen molar-refractivity contribution >= 4 is 16.9 Å². The molecule has 0 radical (unpaired) electrons. The summed E-state index contributed by atoms with van der Waals surface area (Å²) < 4.78 is 0. The lowest BCUT2D eigenvalue weighted by molar-refractivity contribution is 0.0706. The highest BCUT2D eigenvalue weighted by molar-refractivity contribution is 5.97. The summed E-state index contributed by atoms with van der Waals surface area (Å²) in [6.45, 7) is 3.25. The number of likely N-dealkylation sites (N-methyl/N-ethyl adjacent to an activating group) is 1. The summed E-state index contributed by atoms with van der Waals surface area (Å²) in [6.07, 6.45) is 8.40. The minimum atomic E-state index is -0.00736. The Morgan fingerprint density at radius 1 is 1.31 bits per heavy atom. The predicted molar refractivity (Wildman–Crippen MR) is 111 cm³/mol. The molecule has 1 aliphatic carbocycles. The van der Waals surface area contributed by atoms with Gasteiger partial charge in [0.1, 0.15) is 5.69 Å². The molecule has 7 heteroatoms. The Morgan fingerprint density at radius 2 is 2.21 bits per heavy atom. The van der Waals surface area contributed by atoms with E-state index in [1.54, 1.807) is 18.5 Å². The van der Waals surface area contributed by atoms with Crippen LogP contribution in [0.3, 0.4) is 0 Å². The van der Waals surface area contributed by atoms with Crippen LogP contribution in [-0.2, 0) is 6.54 Å². The Balaban J connectivity index is 1.48. The van der Waals surface area contributed by atoms with Gasteiger partial charge in [0.05, 0.1) is 17.1 Å². The van der Waals surface area contributed by atoms with E-state index in [9.17, 15) is 9.90 Å². The van der Waals surface area contributed by atoms with Crippen molar-refractivity contribution in [2.24, 2.45) is 0 Å². The van der Waals surface area contributed by atoms with Gasteiger partial charge in [-0.05, 0) is 62.1 Å². The first kappa shape index (κ1) is 19.0. The van der Waals surface area contributed by atoms with E-state index in [-0.39, 0.29) is 17.8 Å². The molecule has 0 aromatic carbocycles. The van der Waals surface area contributed by atoms with Crippen LogP contribution >= 0.6 is 0 Å². The summed E-state index contributed by atoms with van der Waals surface area (Å²) in [5.74, 6) is 0.0161. The minimum Gasteiger partial charge on any atom is -0.493 e. The zero-order valence-corrected chi connectivity index (χ0v) is 16.4. The van der Waals surface area contributed by atoms with E-state index in [0.29, 0.717) is 18.8 Å². The zero-order valence-electron chi connectivity index (χ0n) is 16.4. The normalized spacial score (nSPS) is 16.4. The standard InChI is InChI=1S/C22H25N5O2/c1-2-27(22(29)20-13-19-18(26-20)7-4-9-23-19)17-6-3-5-16(12-17)25-14-15-8-10-24-21(28)11-15/h4,7-13,17,25-26H,2-3,5-6,14H2,1H3,(H,24,28)/t17-/m0/s1. The molecule has 0 unspecified atom stereocenters. The number of nitrogens with one attached hydrogen (secondary N) is 2. The Morgan fingerprint density at radius 3 is 3.00 bits per heavy atom. The summed E-state index contributed by atoms with van der Waals surface area (Å²) in [5.41, 5.74) is 4.33. The van der Waals surface area contributed by atoms with E-state index in [1.165, 1.54) is 0 Å². The lowest BCUT2D eigenvalue weighted by atomic mass is 9.98. The van der Waals surface area contributed by atoms with Gasteiger partial charge in [-0.3, -0.25) is 9.78 Å². The molecule has 7 nitrogen and oxygen atoms in total. The number of rotatable bonds is 6. The summed E-state index contributed by atoms with van der Waals surface area (Å²) >= 11 is 0. The summed E-state index contributed by atoms with van der Waals surface area (Å²) in [6, 6.07) is 9.18. The third-order valence-electron chi connectivity index (χ3n) is 5.29. The van der Waals surface area contributed by atoms with Gasteiger partial charge < -0.3 is 20.3 Å².